The Hall–Kier alpha value is -4.71. The minimum atomic E-state index is -0.835. The molecule has 0 aliphatic carbocycles. The molecule has 0 fully saturated rings. The van der Waals surface area contributed by atoms with E-state index in [0.29, 0.717) is 12.8 Å². The van der Waals surface area contributed by atoms with Gasteiger partial charge in [0.25, 0.3) is 0 Å². The minimum absolute atomic E-state index is 0.0927. The normalized spacial score (nSPS) is 13.2. The summed E-state index contributed by atoms with van der Waals surface area (Å²) >= 11 is 0. The monoisotopic (exact) mass is 1030 g/mol. The maximum atomic E-state index is 12.8. The first-order chi connectivity index (χ1) is 37.0. The zero-order valence-electron chi connectivity index (χ0n) is 48.3. The summed E-state index contributed by atoms with van der Waals surface area (Å²) in [5.74, 6) is -1.06. The van der Waals surface area contributed by atoms with Gasteiger partial charge in [-0.15, -0.1) is 0 Å². The van der Waals surface area contributed by atoms with Crippen LogP contribution in [0.5, 0.6) is 0 Å². The lowest BCUT2D eigenvalue weighted by Gasteiger charge is -2.18. The molecule has 0 aromatic rings. The fourth-order valence-electron chi connectivity index (χ4n) is 7.91. The molecule has 0 aliphatic heterocycles. The van der Waals surface area contributed by atoms with E-state index in [2.05, 4.69) is 154 Å². The van der Waals surface area contributed by atoms with Gasteiger partial charge in [0.05, 0.1) is 6.42 Å². The quantitative estimate of drug-likeness (QED) is 0.0261. The zero-order valence-corrected chi connectivity index (χ0v) is 48.3. The molecule has 0 radical (unpaired) electrons. The summed E-state index contributed by atoms with van der Waals surface area (Å²) in [5.41, 5.74) is 0. The minimum Gasteiger partial charge on any atom is -0.462 e. The van der Waals surface area contributed by atoms with Crippen molar-refractivity contribution < 1.29 is 28.6 Å². The molecule has 0 aromatic heterocycles. The van der Waals surface area contributed by atoms with E-state index in [-0.39, 0.29) is 31.6 Å². The molecule has 0 saturated heterocycles. The molecule has 6 nitrogen and oxygen atoms in total. The molecule has 0 saturated carbocycles. The van der Waals surface area contributed by atoms with E-state index in [1.807, 2.05) is 6.08 Å². The molecule has 0 bridgehead atoms. The molecule has 422 valence electrons. The molecule has 75 heavy (non-hydrogen) atoms. The molecule has 1 unspecified atom stereocenters. The van der Waals surface area contributed by atoms with Gasteiger partial charge in [0.2, 0.25) is 0 Å². The second-order valence-corrected chi connectivity index (χ2v) is 19.5. The van der Waals surface area contributed by atoms with E-state index in [4.69, 9.17) is 14.2 Å². The van der Waals surface area contributed by atoms with Crippen molar-refractivity contribution in [3.8, 4) is 0 Å². The summed E-state index contributed by atoms with van der Waals surface area (Å²) < 4.78 is 16.7. The number of allylic oxidation sites excluding steroid dienone is 23. The van der Waals surface area contributed by atoms with Crippen LogP contribution in [0.3, 0.4) is 0 Å². The van der Waals surface area contributed by atoms with Gasteiger partial charge in [-0.3, -0.25) is 14.4 Å². The molecular weight excluding hydrogens is 925 g/mol. The Labute approximate surface area is 461 Å². The van der Waals surface area contributed by atoms with Gasteiger partial charge < -0.3 is 14.2 Å². The van der Waals surface area contributed by atoms with Crippen LogP contribution in [0.15, 0.2) is 146 Å². The summed E-state index contributed by atoms with van der Waals surface area (Å²) in [7, 11) is 0. The fourth-order valence-corrected chi connectivity index (χ4v) is 7.91. The molecule has 0 rings (SSSR count). The van der Waals surface area contributed by atoms with E-state index in [9.17, 15) is 14.4 Å². The van der Waals surface area contributed by atoms with Gasteiger partial charge >= 0.3 is 17.9 Å². The Balaban J connectivity index is 4.23. The van der Waals surface area contributed by atoms with Crippen molar-refractivity contribution >= 4 is 17.9 Å². The third-order valence-corrected chi connectivity index (χ3v) is 12.4. The van der Waals surface area contributed by atoms with Crippen LogP contribution < -0.4 is 0 Å². The van der Waals surface area contributed by atoms with E-state index in [1.165, 1.54) is 96.3 Å². The van der Waals surface area contributed by atoms with Crippen LogP contribution in [-0.2, 0) is 28.6 Å². The van der Waals surface area contributed by atoms with Crippen LogP contribution >= 0.6 is 0 Å². The second kappa shape index (κ2) is 61.8. The molecule has 0 spiro atoms. The number of hydrogen-bond donors (Lipinski definition) is 0. The van der Waals surface area contributed by atoms with Crippen LogP contribution in [-0.4, -0.2) is 37.2 Å². The molecule has 1 atom stereocenters. The molecule has 0 aliphatic rings. The summed E-state index contributed by atoms with van der Waals surface area (Å²) in [4.78, 5) is 38.0. The Morgan fingerprint density at radius 1 is 0.293 bits per heavy atom. The lowest BCUT2D eigenvalue weighted by molar-refractivity contribution is -0.166. The summed E-state index contributed by atoms with van der Waals surface area (Å²) in [6.45, 7) is 6.29. The van der Waals surface area contributed by atoms with E-state index in [0.717, 1.165) is 116 Å². The van der Waals surface area contributed by atoms with Gasteiger partial charge in [0.1, 0.15) is 13.2 Å². The lowest BCUT2D eigenvalue weighted by atomic mass is 10.0. The Morgan fingerprint density at radius 3 is 0.880 bits per heavy atom. The van der Waals surface area contributed by atoms with Gasteiger partial charge in [-0.05, 0) is 103 Å². The van der Waals surface area contributed by atoms with Crippen molar-refractivity contribution in [2.75, 3.05) is 13.2 Å². The van der Waals surface area contributed by atoms with Gasteiger partial charge in [-0.1, -0.05) is 276 Å². The first-order valence-corrected chi connectivity index (χ1v) is 30.3. The predicted octanol–water partition coefficient (Wildman–Crippen LogP) is 20.8. The number of ether oxygens (including phenoxy) is 3. The molecule has 0 N–H and O–H groups in total. The number of hydrogen-bond acceptors (Lipinski definition) is 6. The van der Waals surface area contributed by atoms with E-state index in [1.54, 1.807) is 6.08 Å². The number of rotatable bonds is 53. The van der Waals surface area contributed by atoms with Crippen LogP contribution in [0.25, 0.3) is 0 Å². The van der Waals surface area contributed by atoms with Crippen molar-refractivity contribution in [3.05, 3.63) is 146 Å². The SMILES string of the molecule is CC/C=C\C/C=C\C/C=C\C/C=C\C/C=C\C/C=C\C/C=C\CCCCCCCCCCCCCC(=O)OCC(COC(=O)CCCCCCCCCCC)OC(=O)C/C=C\C/C=C\C/C=C\C/C=C\C/C=C\CC. The Bertz CT molecular complexity index is 1660. The third kappa shape index (κ3) is 60.0. The highest BCUT2D eigenvalue weighted by Crippen LogP contribution is 2.15. The van der Waals surface area contributed by atoms with Crippen LogP contribution in [0.4, 0.5) is 0 Å². The topological polar surface area (TPSA) is 78.9 Å². The molecule has 0 heterocycles. The van der Waals surface area contributed by atoms with Crippen LogP contribution in [0.2, 0.25) is 0 Å². The number of carbonyl (C=O) groups is 3. The first-order valence-electron chi connectivity index (χ1n) is 30.3. The zero-order chi connectivity index (χ0) is 54.3. The van der Waals surface area contributed by atoms with Crippen LogP contribution in [0.1, 0.15) is 252 Å². The predicted molar refractivity (Wildman–Crippen MR) is 325 cm³/mol. The maximum Gasteiger partial charge on any atom is 0.310 e. The van der Waals surface area contributed by atoms with Crippen LogP contribution in [0, 0.1) is 0 Å². The average Bonchev–Trinajstić information content (AvgIpc) is 3.41. The van der Waals surface area contributed by atoms with E-state index >= 15 is 0 Å². The molecular formula is C69H110O6. The second-order valence-electron chi connectivity index (χ2n) is 19.5. The highest BCUT2D eigenvalue weighted by Gasteiger charge is 2.19. The summed E-state index contributed by atoms with van der Waals surface area (Å²) in [6, 6.07) is 0. The Kier molecular flexibility index (Phi) is 58.0. The van der Waals surface area contributed by atoms with Crippen molar-refractivity contribution in [2.24, 2.45) is 0 Å². The largest absolute Gasteiger partial charge is 0.462 e. The maximum absolute atomic E-state index is 12.8. The molecule has 0 amide bonds. The number of esters is 3. The highest BCUT2D eigenvalue weighted by molar-refractivity contribution is 5.72. The standard InChI is InChI=1S/C69H110O6/c1-4-7-10-13-16-19-21-23-25-26-27-28-29-30-31-32-33-34-35-36-37-38-39-40-41-42-44-45-47-50-53-56-59-62-68(71)74-65-66(64-73-67(70)61-58-55-52-49-18-15-12-9-6-3)75-69(72)63-60-57-54-51-48-46-43-24-22-20-17-14-11-8-5-2/h7-8,10-11,16-17,19-20,23-25,27-28,30-31,33-34,36-37,43,48,51,57,60,66H,4-6,9,12-15,18,21-22,26,29,32,35,38-42,44-47,49-50,52-56,58-59,61-65H2,1-3H3/b10-7-,11-8-,19-16-,20-17-,25-23-,28-27-,31-30-,34-33-,37-36-,43-24-,51-48-,60-57-. The highest BCUT2D eigenvalue weighted by atomic mass is 16.6. The summed E-state index contributed by atoms with van der Waals surface area (Å²) in [5, 5.41) is 0. The number of unbranched alkanes of at least 4 members (excludes halogenated alkanes) is 19. The smallest absolute Gasteiger partial charge is 0.310 e. The molecule has 0 aromatic carbocycles. The first kappa shape index (κ1) is 70.3. The third-order valence-electron chi connectivity index (χ3n) is 12.4. The van der Waals surface area contributed by atoms with E-state index < -0.39 is 12.1 Å². The van der Waals surface area contributed by atoms with Gasteiger partial charge in [0.15, 0.2) is 6.10 Å². The van der Waals surface area contributed by atoms with Crippen molar-refractivity contribution in [2.45, 2.75) is 258 Å². The van der Waals surface area contributed by atoms with Gasteiger partial charge in [0, 0.05) is 12.8 Å². The van der Waals surface area contributed by atoms with Gasteiger partial charge in [-0.25, -0.2) is 0 Å². The number of carbonyl (C=O) groups excluding carboxylic acids is 3. The average molecular weight is 1040 g/mol. The van der Waals surface area contributed by atoms with Crippen molar-refractivity contribution in [3.63, 3.8) is 0 Å². The van der Waals surface area contributed by atoms with Crippen molar-refractivity contribution in [1.29, 1.82) is 0 Å². The lowest BCUT2D eigenvalue weighted by Crippen LogP contribution is -2.30. The fraction of sp³-hybridized carbons (Fsp3) is 0.609. The van der Waals surface area contributed by atoms with Crippen molar-refractivity contribution in [1.82, 2.24) is 0 Å². The summed E-state index contributed by atoms with van der Waals surface area (Å²) in [6.07, 6.45) is 88.9. The molecule has 6 heteroatoms. The van der Waals surface area contributed by atoms with Gasteiger partial charge in [-0.2, -0.15) is 0 Å². The Morgan fingerprint density at radius 2 is 0.560 bits per heavy atom.